The number of benzene rings is 2. The molecule has 0 saturated heterocycles. The molecule has 0 amide bonds. The molecule has 0 saturated carbocycles. The fraction of sp³-hybridized carbons (Fsp3) is 0.133. The van der Waals surface area contributed by atoms with Gasteiger partial charge in [0.25, 0.3) is 0 Å². The van der Waals surface area contributed by atoms with Gasteiger partial charge in [0.2, 0.25) is 0 Å². The summed E-state index contributed by atoms with van der Waals surface area (Å²) in [7, 11) is 0. The van der Waals surface area contributed by atoms with Gasteiger partial charge in [-0.25, -0.2) is 4.98 Å². The maximum atomic E-state index is 6.42. The van der Waals surface area contributed by atoms with Gasteiger partial charge in [-0.15, -0.1) is 0 Å². The molecule has 0 fully saturated rings. The van der Waals surface area contributed by atoms with Crippen molar-refractivity contribution in [1.29, 1.82) is 0 Å². The van der Waals surface area contributed by atoms with Crippen molar-refractivity contribution in [1.82, 2.24) is 9.55 Å². The molecule has 0 aliphatic rings. The number of aryl methyl sites for hydroxylation is 1. The fourth-order valence-corrected chi connectivity index (χ4v) is 3.20. The van der Waals surface area contributed by atoms with E-state index in [-0.39, 0.29) is 0 Å². The van der Waals surface area contributed by atoms with Gasteiger partial charge >= 0.3 is 0 Å². The first-order valence-corrected chi connectivity index (χ1v) is 7.98. The van der Waals surface area contributed by atoms with Crippen LogP contribution in [0.4, 0.5) is 5.69 Å². The average molecular weight is 385 g/mol. The molecule has 1 heterocycles. The Morgan fingerprint density at radius 1 is 1.19 bits per heavy atom. The van der Waals surface area contributed by atoms with Gasteiger partial charge in [-0.3, -0.25) is 4.57 Å². The number of fused-ring (bicyclic) bond motifs is 1. The lowest BCUT2D eigenvalue weighted by molar-refractivity contribution is 0.908. The lowest BCUT2D eigenvalue weighted by atomic mass is 10.2. The second-order valence-corrected chi connectivity index (χ2v) is 6.27. The molecule has 3 nitrogen and oxygen atoms in total. The van der Waals surface area contributed by atoms with Crippen molar-refractivity contribution in [2.45, 2.75) is 13.3 Å². The first-order chi connectivity index (χ1) is 10.0. The molecule has 6 heteroatoms. The van der Waals surface area contributed by atoms with Crippen LogP contribution in [0.25, 0.3) is 16.7 Å². The SMILES string of the molecule is CCc1nc2cc(N)ccc2n1-c1ccc(Br)c(Cl)c1Cl. The van der Waals surface area contributed by atoms with Crippen LogP contribution in [0.2, 0.25) is 10.0 Å². The number of nitrogens with zero attached hydrogens (tertiary/aromatic N) is 2. The molecule has 0 aliphatic heterocycles. The lowest BCUT2D eigenvalue weighted by Gasteiger charge is -2.12. The molecule has 0 spiro atoms. The van der Waals surface area contributed by atoms with E-state index < -0.39 is 0 Å². The van der Waals surface area contributed by atoms with Crippen LogP contribution in [0.15, 0.2) is 34.8 Å². The molecule has 0 atom stereocenters. The van der Waals surface area contributed by atoms with E-state index in [9.17, 15) is 0 Å². The Morgan fingerprint density at radius 2 is 1.95 bits per heavy atom. The fourth-order valence-electron chi connectivity index (χ4n) is 2.34. The van der Waals surface area contributed by atoms with Crippen molar-refractivity contribution < 1.29 is 0 Å². The summed E-state index contributed by atoms with van der Waals surface area (Å²) in [5.41, 5.74) is 9.15. The van der Waals surface area contributed by atoms with Crippen LogP contribution < -0.4 is 5.73 Å². The van der Waals surface area contributed by atoms with Gasteiger partial charge in [-0.05, 0) is 46.3 Å². The highest BCUT2D eigenvalue weighted by Crippen LogP contribution is 2.36. The number of aromatic nitrogens is 2. The Labute approximate surface area is 140 Å². The van der Waals surface area contributed by atoms with Gasteiger partial charge in [0.05, 0.1) is 26.8 Å². The number of anilines is 1. The summed E-state index contributed by atoms with van der Waals surface area (Å²) in [6.07, 6.45) is 0.776. The Morgan fingerprint density at radius 3 is 2.67 bits per heavy atom. The van der Waals surface area contributed by atoms with Crippen molar-refractivity contribution in [3.05, 3.63) is 50.7 Å². The summed E-state index contributed by atoms with van der Waals surface area (Å²) in [6.45, 7) is 2.05. The van der Waals surface area contributed by atoms with E-state index in [1.807, 2.05) is 34.9 Å². The molecule has 1 aromatic heterocycles. The minimum Gasteiger partial charge on any atom is -0.399 e. The quantitative estimate of drug-likeness (QED) is 0.485. The second-order valence-electron chi connectivity index (χ2n) is 4.66. The van der Waals surface area contributed by atoms with Crippen LogP contribution in [0.5, 0.6) is 0 Å². The zero-order valence-electron chi connectivity index (χ0n) is 11.2. The van der Waals surface area contributed by atoms with Gasteiger partial charge in [-0.2, -0.15) is 0 Å². The van der Waals surface area contributed by atoms with Crippen LogP contribution in [0, 0.1) is 0 Å². The van der Waals surface area contributed by atoms with E-state index >= 15 is 0 Å². The first-order valence-electron chi connectivity index (χ1n) is 6.43. The third-order valence-corrected chi connectivity index (χ3v) is 5.08. The molecular weight excluding hydrogens is 373 g/mol. The predicted molar refractivity (Wildman–Crippen MR) is 92.6 cm³/mol. The van der Waals surface area contributed by atoms with Crippen molar-refractivity contribution in [3.63, 3.8) is 0 Å². The third kappa shape index (κ3) is 2.41. The Kier molecular flexibility index (Phi) is 3.86. The molecule has 0 radical (unpaired) electrons. The maximum Gasteiger partial charge on any atom is 0.114 e. The zero-order valence-corrected chi connectivity index (χ0v) is 14.3. The number of hydrogen-bond donors (Lipinski definition) is 1. The van der Waals surface area contributed by atoms with E-state index in [1.54, 1.807) is 0 Å². The van der Waals surface area contributed by atoms with Crippen molar-refractivity contribution in [2.75, 3.05) is 5.73 Å². The minimum absolute atomic E-state index is 0.494. The summed E-state index contributed by atoms with van der Waals surface area (Å²) in [5, 5.41) is 0.991. The highest BCUT2D eigenvalue weighted by molar-refractivity contribution is 9.10. The van der Waals surface area contributed by atoms with Crippen molar-refractivity contribution >= 4 is 55.9 Å². The van der Waals surface area contributed by atoms with Crippen LogP contribution in [-0.2, 0) is 6.42 Å². The molecule has 3 aromatic rings. The highest BCUT2D eigenvalue weighted by Gasteiger charge is 2.16. The van der Waals surface area contributed by atoms with Gasteiger partial charge in [0.15, 0.2) is 0 Å². The normalized spacial score (nSPS) is 11.2. The molecule has 21 heavy (non-hydrogen) atoms. The molecular formula is C15H12BrCl2N3. The summed E-state index contributed by atoms with van der Waals surface area (Å²) < 4.78 is 2.79. The summed E-state index contributed by atoms with van der Waals surface area (Å²) >= 11 is 16.0. The Bertz CT molecular complexity index is 843. The lowest BCUT2D eigenvalue weighted by Crippen LogP contribution is -2.01. The summed E-state index contributed by atoms with van der Waals surface area (Å²) in [6, 6.07) is 9.47. The number of halogens is 3. The smallest absolute Gasteiger partial charge is 0.114 e. The van der Waals surface area contributed by atoms with Gasteiger partial charge < -0.3 is 5.73 Å². The largest absolute Gasteiger partial charge is 0.399 e. The summed E-state index contributed by atoms with van der Waals surface area (Å²) in [5.74, 6) is 0.913. The standard InChI is InChI=1S/C15H12BrCl2N3/c1-2-13-20-10-7-8(19)3-5-11(10)21(13)12-6-4-9(16)14(17)15(12)18/h3-7H,2,19H2,1H3. The number of imidazole rings is 1. The molecule has 0 unspecified atom stereocenters. The highest BCUT2D eigenvalue weighted by atomic mass is 79.9. The topological polar surface area (TPSA) is 43.8 Å². The Hall–Kier alpha value is -1.23. The second kappa shape index (κ2) is 5.52. The number of hydrogen-bond acceptors (Lipinski definition) is 2. The van der Waals surface area contributed by atoms with Gasteiger partial charge in [0.1, 0.15) is 5.82 Å². The first kappa shape index (κ1) is 14.7. The van der Waals surface area contributed by atoms with Crippen LogP contribution >= 0.6 is 39.1 Å². The van der Waals surface area contributed by atoms with E-state index in [2.05, 4.69) is 27.8 Å². The van der Waals surface area contributed by atoms with Crippen molar-refractivity contribution in [2.24, 2.45) is 0 Å². The number of nitrogens with two attached hydrogens (primary N) is 1. The number of nitrogen functional groups attached to an aromatic ring is 1. The van der Waals surface area contributed by atoms with Crippen LogP contribution in [-0.4, -0.2) is 9.55 Å². The average Bonchev–Trinajstić information content (AvgIpc) is 2.82. The minimum atomic E-state index is 0.494. The zero-order chi connectivity index (χ0) is 15.1. The molecule has 2 N–H and O–H groups in total. The van der Waals surface area contributed by atoms with E-state index in [0.29, 0.717) is 15.7 Å². The van der Waals surface area contributed by atoms with E-state index in [0.717, 1.165) is 33.4 Å². The maximum absolute atomic E-state index is 6.42. The summed E-state index contributed by atoms with van der Waals surface area (Å²) in [4.78, 5) is 4.63. The molecule has 3 rings (SSSR count). The van der Waals surface area contributed by atoms with Gasteiger partial charge in [-0.1, -0.05) is 30.1 Å². The van der Waals surface area contributed by atoms with Crippen LogP contribution in [0.3, 0.4) is 0 Å². The molecule has 108 valence electrons. The third-order valence-electron chi connectivity index (χ3n) is 3.32. The Balaban J connectivity index is 2.36. The number of rotatable bonds is 2. The molecule has 0 bridgehead atoms. The van der Waals surface area contributed by atoms with E-state index in [1.165, 1.54) is 0 Å². The molecule has 2 aromatic carbocycles. The molecule has 0 aliphatic carbocycles. The predicted octanol–water partition coefficient (Wildman–Crippen LogP) is 5.24. The van der Waals surface area contributed by atoms with E-state index in [4.69, 9.17) is 28.9 Å². The van der Waals surface area contributed by atoms with Gasteiger partial charge in [0, 0.05) is 16.6 Å². The monoisotopic (exact) mass is 383 g/mol. The van der Waals surface area contributed by atoms with Crippen molar-refractivity contribution in [3.8, 4) is 5.69 Å². The van der Waals surface area contributed by atoms with Crippen LogP contribution in [0.1, 0.15) is 12.7 Å².